The van der Waals surface area contributed by atoms with Crippen LogP contribution in [0.25, 0.3) is 21.1 Å². The predicted octanol–water partition coefficient (Wildman–Crippen LogP) is 2.97. The number of nitrogens with one attached hydrogen (secondary N) is 2. The highest BCUT2D eigenvalue weighted by Crippen LogP contribution is 2.46. The summed E-state index contributed by atoms with van der Waals surface area (Å²) in [5, 5.41) is 3.91. The van der Waals surface area contributed by atoms with Gasteiger partial charge in [0.2, 0.25) is 5.43 Å². The van der Waals surface area contributed by atoms with E-state index in [0.717, 1.165) is 38.9 Å². The van der Waals surface area contributed by atoms with Crippen molar-refractivity contribution in [2.24, 2.45) is 5.92 Å². The maximum Gasteiger partial charge on any atom is 0.271 e. The SMILES string of the molecule is COc1c(N2CC[C@@H](CNC3CC3)C2)c(F)cc2c(=O)c3c(=O)[nH]sc3n(C3CC3)c12. The van der Waals surface area contributed by atoms with E-state index in [1.807, 2.05) is 4.57 Å². The average Bonchev–Trinajstić information content (AvgIpc) is 3.68. The number of benzene rings is 1. The number of hydrogen-bond donors (Lipinski definition) is 2. The van der Waals surface area contributed by atoms with Crippen molar-refractivity contribution >= 4 is 38.3 Å². The van der Waals surface area contributed by atoms with E-state index in [9.17, 15) is 9.59 Å². The van der Waals surface area contributed by atoms with Crippen LogP contribution in [0.15, 0.2) is 15.7 Å². The van der Waals surface area contributed by atoms with Gasteiger partial charge in [-0.15, -0.1) is 0 Å². The third-order valence-electron chi connectivity index (χ3n) is 6.79. The zero-order valence-corrected chi connectivity index (χ0v) is 18.2. The number of methoxy groups -OCH3 is 1. The average molecular weight is 445 g/mol. The van der Waals surface area contributed by atoms with E-state index in [0.29, 0.717) is 33.7 Å². The van der Waals surface area contributed by atoms with Gasteiger partial charge >= 0.3 is 0 Å². The standard InChI is InChI=1S/C22H25FN4O3S/c1-30-20-17-14(19(28)16-21(29)25-31-22(16)27(17)13-4-5-13)8-15(23)18(20)26-7-6-11(10-26)9-24-12-2-3-12/h8,11-13,24H,2-7,9-10H2,1H3,(H,25,29)/t11-/m0/s1. The molecule has 1 atom stereocenters. The molecule has 31 heavy (non-hydrogen) atoms. The molecule has 3 fully saturated rings. The van der Waals surface area contributed by atoms with Crippen LogP contribution in [-0.4, -0.2) is 41.7 Å². The quantitative estimate of drug-likeness (QED) is 0.611. The Morgan fingerprint density at radius 2 is 2.06 bits per heavy atom. The third-order valence-corrected chi connectivity index (χ3v) is 7.67. The summed E-state index contributed by atoms with van der Waals surface area (Å²) >= 11 is 1.17. The minimum absolute atomic E-state index is 0.117. The number of nitrogens with zero attached hydrogens (tertiary/aromatic N) is 2. The Labute approximate surface area is 181 Å². The van der Waals surface area contributed by atoms with Crippen molar-refractivity contribution in [2.75, 3.05) is 31.6 Å². The summed E-state index contributed by atoms with van der Waals surface area (Å²) in [5.41, 5.74) is 0.199. The number of aromatic amines is 1. The fourth-order valence-electron chi connectivity index (χ4n) is 4.91. The van der Waals surface area contributed by atoms with Gasteiger partial charge in [-0.2, -0.15) is 0 Å². The molecule has 1 saturated heterocycles. The molecule has 3 aliphatic rings. The summed E-state index contributed by atoms with van der Waals surface area (Å²) in [6, 6.07) is 2.16. The van der Waals surface area contributed by atoms with Crippen molar-refractivity contribution in [3.8, 4) is 5.75 Å². The first-order valence-electron chi connectivity index (χ1n) is 11.0. The van der Waals surface area contributed by atoms with E-state index < -0.39 is 16.8 Å². The molecule has 9 heteroatoms. The molecule has 0 unspecified atom stereocenters. The number of fused-ring (bicyclic) bond motifs is 2. The molecule has 164 valence electrons. The second-order valence-electron chi connectivity index (χ2n) is 9.06. The topological polar surface area (TPSA) is 79.4 Å². The Balaban J connectivity index is 1.52. The van der Waals surface area contributed by atoms with Crippen LogP contribution in [-0.2, 0) is 0 Å². The maximum absolute atomic E-state index is 15.5. The lowest BCUT2D eigenvalue weighted by atomic mass is 10.1. The lowest BCUT2D eigenvalue weighted by Crippen LogP contribution is -2.28. The number of ether oxygens (including phenoxy) is 1. The third kappa shape index (κ3) is 3.09. The molecule has 3 heterocycles. The zero-order chi connectivity index (χ0) is 21.3. The molecule has 2 aliphatic carbocycles. The molecule has 1 aliphatic heterocycles. The van der Waals surface area contributed by atoms with Gasteiger partial charge in [0.15, 0.2) is 11.6 Å². The Morgan fingerprint density at radius 3 is 2.77 bits per heavy atom. The van der Waals surface area contributed by atoms with E-state index in [1.165, 1.54) is 37.6 Å². The Morgan fingerprint density at radius 1 is 1.26 bits per heavy atom. The smallest absolute Gasteiger partial charge is 0.271 e. The number of rotatable bonds is 6. The summed E-state index contributed by atoms with van der Waals surface area (Å²) in [6.45, 7) is 2.46. The van der Waals surface area contributed by atoms with E-state index in [-0.39, 0.29) is 16.8 Å². The lowest BCUT2D eigenvalue weighted by molar-refractivity contribution is 0.413. The van der Waals surface area contributed by atoms with E-state index in [1.54, 1.807) is 0 Å². The van der Waals surface area contributed by atoms with Crippen LogP contribution >= 0.6 is 11.5 Å². The van der Waals surface area contributed by atoms with Gasteiger partial charge in [-0.1, -0.05) is 0 Å². The number of pyridine rings is 1. The molecule has 2 N–H and O–H groups in total. The molecular formula is C22H25FN4O3S. The first-order chi connectivity index (χ1) is 15.1. The van der Waals surface area contributed by atoms with Crippen molar-refractivity contribution < 1.29 is 9.13 Å². The van der Waals surface area contributed by atoms with E-state index in [4.69, 9.17) is 4.74 Å². The highest BCUT2D eigenvalue weighted by molar-refractivity contribution is 7.12. The summed E-state index contributed by atoms with van der Waals surface area (Å²) in [7, 11) is 1.53. The highest BCUT2D eigenvalue weighted by atomic mass is 32.1. The number of H-pyrrole nitrogens is 1. The minimum Gasteiger partial charge on any atom is -0.492 e. The first-order valence-corrected chi connectivity index (χ1v) is 11.8. The predicted molar refractivity (Wildman–Crippen MR) is 120 cm³/mol. The van der Waals surface area contributed by atoms with Gasteiger partial charge in [-0.3, -0.25) is 14.0 Å². The van der Waals surface area contributed by atoms with Gasteiger partial charge < -0.3 is 19.5 Å². The Hall–Kier alpha value is -2.39. The van der Waals surface area contributed by atoms with Crippen LogP contribution < -0.4 is 25.9 Å². The van der Waals surface area contributed by atoms with Crippen LogP contribution in [0.3, 0.4) is 0 Å². The Bertz CT molecular complexity index is 1300. The van der Waals surface area contributed by atoms with Crippen molar-refractivity contribution in [3.63, 3.8) is 0 Å². The molecule has 0 bridgehead atoms. The van der Waals surface area contributed by atoms with Gasteiger partial charge in [-0.05, 0) is 62.2 Å². The van der Waals surface area contributed by atoms with Crippen molar-refractivity contribution in [3.05, 3.63) is 32.5 Å². The van der Waals surface area contributed by atoms with Crippen LogP contribution in [0.4, 0.5) is 10.1 Å². The highest BCUT2D eigenvalue weighted by Gasteiger charge is 2.34. The molecule has 2 aromatic heterocycles. The summed E-state index contributed by atoms with van der Waals surface area (Å²) < 4.78 is 26.0. The molecule has 1 aromatic carbocycles. The molecule has 0 spiro atoms. The fraction of sp³-hybridized carbons (Fsp3) is 0.545. The number of hydrogen-bond acceptors (Lipinski definition) is 6. The molecule has 2 saturated carbocycles. The van der Waals surface area contributed by atoms with Crippen molar-refractivity contribution in [1.29, 1.82) is 0 Å². The monoisotopic (exact) mass is 444 g/mol. The number of halogens is 1. The second kappa shape index (κ2) is 7.06. The minimum atomic E-state index is -0.467. The van der Waals surface area contributed by atoms with Gasteiger partial charge in [0.1, 0.15) is 15.9 Å². The molecular weight excluding hydrogens is 419 g/mol. The van der Waals surface area contributed by atoms with Crippen LogP contribution in [0, 0.1) is 11.7 Å². The molecule has 3 aromatic rings. The second-order valence-corrected chi connectivity index (χ2v) is 9.86. The van der Waals surface area contributed by atoms with Crippen LogP contribution in [0.1, 0.15) is 38.1 Å². The molecule has 7 nitrogen and oxygen atoms in total. The van der Waals surface area contributed by atoms with Crippen molar-refractivity contribution in [2.45, 2.75) is 44.2 Å². The largest absolute Gasteiger partial charge is 0.492 e. The van der Waals surface area contributed by atoms with Crippen LogP contribution in [0.5, 0.6) is 5.75 Å². The number of aromatic nitrogens is 2. The van der Waals surface area contributed by atoms with Gasteiger partial charge in [0, 0.05) is 25.2 Å². The Kier molecular flexibility index (Phi) is 4.40. The van der Waals surface area contributed by atoms with Gasteiger partial charge in [0.25, 0.3) is 5.56 Å². The van der Waals surface area contributed by atoms with Crippen LogP contribution in [0.2, 0.25) is 0 Å². The summed E-state index contributed by atoms with van der Waals surface area (Å²) in [6.07, 6.45) is 5.43. The van der Waals surface area contributed by atoms with E-state index in [2.05, 4.69) is 14.6 Å². The summed E-state index contributed by atoms with van der Waals surface area (Å²) in [4.78, 5) is 28.1. The molecule has 0 amide bonds. The van der Waals surface area contributed by atoms with E-state index >= 15 is 4.39 Å². The molecule has 6 rings (SSSR count). The zero-order valence-electron chi connectivity index (χ0n) is 17.4. The maximum atomic E-state index is 15.5. The normalized spacial score (nSPS) is 21.5. The summed E-state index contributed by atoms with van der Waals surface area (Å²) in [5.74, 6) is 0.395. The van der Waals surface area contributed by atoms with Gasteiger partial charge in [0.05, 0.1) is 18.0 Å². The fourth-order valence-corrected chi connectivity index (χ4v) is 5.83. The van der Waals surface area contributed by atoms with Gasteiger partial charge in [-0.25, -0.2) is 4.39 Å². The number of anilines is 1. The first kappa shape index (κ1) is 19.3. The molecule has 0 radical (unpaired) electrons. The lowest BCUT2D eigenvalue weighted by Gasteiger charge is -2.25. The van der Waals surface area contributed by atoms with Crippen molar-refractivity contribution in [1.82, 2.24) is 14.3 Å².